The first kappa shape index (κ1) is 15.8. The standard InChI is InChI=1S/C15H16IN3O2/c1-11-8-13(16)2-3-14(11)18-15(20)12(9-17)10-19-4-6-21-7-5-19/h2-3,8,10H,4-7H2,1H3,(H,18,20)/b12-10-. The van der Waals surface area contributed by atoms with Crippen LogP contribution in [0.25, 0.3) is 0 Å². The molecule has 1 aliphatic heterocycles. The van der Waals surface area contributed by atoms with Gasteiger partial charge < -0.3 is 15.0 Å². The zero-order chi connectivity index (χ0) is 15.2. The zero-order valence-corrected chi connectivity index (χ0v) is 13.9. The molecule has 6 heteroatoms. The van der Waals surface area contributed by atoms with Crippen LogP contribution in [0.15, 0.2) is 30.0 Å². The molecular weight excluding hydrogens is 381 g/mol. The van der Waals surface area contributed by atoms with E-state index in [0.717, 1.165) is 14.8 Å². The number of carbonyl (C=O) groups excluding carboxylic acids is 1. The topological polar surface area (TPSA) is 65.4 Å². The Bertz CT molecular complexity index is 601. The van der Waals surface area contributed by atoms with Crippen LogP contribution in [-0.4, -0.2) is 37.1 Å². The Hall–Kier alpha value is -1.59. The largest absolute Gasteiger partial charge is 0.378 e. The van der Waals surface area contributed by atoms with Crippen LogP contribution >= 0.6 is 22.6 Å². The van der Waals surface area contributed by atoms with Crippen molar-refractivity contribution in [2.75, 3.05) is 31.6 Å². The number of hydrogen-bond acceptors (Lipinski definition) is 4. The summed E-state index contributed by atoms with van der Waals surface area (Å²) in [6, 6.07) is 7.71. The first-order valence-corrected chi connectivity index (χ1v) is 7.69. The third-order valence-electron chi connectivity index (χ3n) is 3.16. The summed E-state index contributed by atoms with van der Waals surface area (Å²) in [5, 5.41) is 12.0. The van der Waals surface area contributed by atoms with Gasteiger partial charge in [-0.3, -0.25) is 4.79 Å². The normalized spacial score (nSPS) is 15.5. The van der Waals surface area contributed by atoms with Gasteiger partial charge in [-0.15, -0.1) is 0 Å². The Balaban J connectivity index is 2.09. The molecule has 0 aliphatic carbocycles. The predicted molar refractivity (Wildman–Crippen MR) is 88.6 cm³/mol. The Kier molecular flexibility index (Phi) is 5.59. The number of ether oxygens (including phenoxy) is 1. The van der Waals surface area contributed by atoms with Gasteiger partial charge in [0, 0.05) is 28.5 Å². The van der Waals surface area contributed by atoms with Crippen LogP contribution in [0.1, 0.15) is 5.56 Å². The molecule has 21 heavy (non-hydrogen) atoms. The summed E-state index contributed by atoms with van der Waals surface area (Å²) in [6.45, 7) is 4.55. The number of anilines is 1. The maximum Gasteiger partial charge on any atom is 0.267 e. The fourth-order valence-electron chi connectivity index (χ4n) is 1.98. The molecule has 0 aromatic heterocycles. The van der Waals surface area contributed by atoms with Crippen LogP contribution in [0.5, 0.6) is 0 Å². The van der Waals surface area contributed by atoms with E-state index in [1.54, 1.807) is 6.20 Å². The number of hydrogen-bond donors (Lipinski definition) is 1. The molecule has 0 atom stereocenters. The lowest BCUT2D eigenvalue weighted by Crippen LogP contribution is -2.33. The van der Waals surface area contributed by atoms with Crippen molar-refractivity contribution < 1.29 is 9.53 Å². The van der Waals surface area contributed by atoms with Gasteiger partial charge in [0.1, 0.15) is 11.6 Å². The Morgan fingerprint density at radius 2 is 2.19 bits per heavy atom. The predicted octanol–water partition coefficient (Wildman–Crippen LogP) is 2.28. The van der Waals surface area contributed by atoms with Crippen molar-refractivity contribution >= 4 is 34.2 Å². The number of nitrogens with one attached hydrogen (secondary N) is 1. The number of nitrogens with zero attached hydrogens (tertiary/aromatic N) is 2. The van der Waals surface area contributed by atoms with Crippen LogP contribution < -0.4 is 5.32 Å². The van der Waals surface area contributed by atoms with Crippen LogP contribution in [0.2, 0.25) is 0 Å². The van der Waals surface area contributed by atoms with E-state index >= 15 is 0 Å². The van der Waals surface area contributed by atoms with Gasteiger partial charge in [-0.25, -0.2) is 0 Å². The molecule has 110 valence electrons. The zero-order valence-electron chi connectivity index (χ0n) is 11.7. The summed E-state index contributed by atoms with van der Waals surface area (Å²) in [7, 11) is 0. The Morgan fingerprint density at radius 3 is 2.81 bits per heavy atom. The molecule has 5 nitrogen and oxygen atoms in total. The highest BCUT2D eigenvalue weighted by molar-refractivity contribution is 14.1. The molecule has 1 N–H and O–H groups in total. The van der Waals surface area contributed by atoms with Crippen molar-refractivity contribution in [3.63, 3.8) is 0 Å². The molecule has 1 aromatic carbocycles. The molecule has 0 radical (unpaired) electrons. The molecule has 1 saturated heterocycles. The van der Waals surface area contributed by atoms with E-state index in [1.807, 2.05) is 36.1 Å². The van der Waals surface area contributed by atoms with E-state index in [1.165, 1.54) is 0 Å². The Morgan fingerprint density at radius 1 is 1.48 bits per heavy atom. The van der Waals surface area contributed by atoms with Crippen molar-refractivity contribution in [3.05, 3.63) is 39.1 Å². The summed E-state index contributed by atoms with van der Waals surface area (Å²) in [4.78, 5) is 14.1. The number of benzene rings is 1. The number of amides is 1. The third kappa shape index (κ3) is 4.44. The van der Waals surface area contributed by atoms with Gasteiger partial charge in [-0.2, -0.15) is 5.26 Å². The lowest BCUT2D eigenvalue weighted by atomic mass is 10.2. The second-order valence-corrected chi connectivity index (χ2v) is 5.96. The number of rotatable bonds is 3. The minimum atomic E-state index is -0.381. The van der Waals surface area contributed by atoms with Crippen LogP contribution in [0.3, 0.4) is 0 Å². The van der Waals surface area contributed by atoms with Gasteiger partial charge in [0.15, 0.2) is 0 Å². The lowest BCUT2D eigenvalue weighted by Gasteiger charge is -2.25. The van der Waals surface area contributed by atoms with Gasteiger partial charge in [0.2, 0.25) is 0 Å². The molecule has 1 amide bonds. The average Bonchev–Trinajstić information content (AvgIpc) is 2.48. The van der Waals surface area contributed by atoms with Crippen molar-refractivity contribution in [2.24, 2.45) is 0 Å². The second-order valence-electron chi connectivity index (χ2n) is 4.72. The van der Waals surface area contributed by atoms with E-state index in [0.29, 0.717) is 26.3 Å². The molecular formula is C15H16IN3O2. The van der Waals surface area contributed by atoms with Crippen molar-refractivity contribution in [1.82, 2.24) is 4.90 Å². The van der Waals surface area contributed by atoms with E-state index in [-0.39, 0.29) is 11.5 Å². The van der Waals surface area contributed by atoms with E-state index < -0.39 is 0 Å². The van der Waals surface area contributed by atoms with E-state index in [4.69, 9.17) is 4.74 Å². The summed E-state index contributed by atoms with van der Waals surface area (Å²) in [5.74, 6) is -0.381. The Labute approximate surface area is 137 Å². The highest BCUT2D eigenvalue weighted by Crippen LogP contribution is 2.18. The van der Waals surface area contributed by atoms with Crippen molar-refractivity contribution in [3.8, 4) is 6.07 Å². The molecule has 0 saturated carbocycles. The fourth-order valence-corrected chi connectivity index (χ4v) is 2.63. The smallest absolute Gasteiger partial charge is 0.267 e. The molecule has 0 unspecified atom stereocenters. The summed E-state index contributed by atoms with van der Waals surface area (Å²) >= 11 is 2.22. The van der Waals surface area contributed by atoms with Gasteiger partial charge in [0.05, 0.1) is 13.2 Å². The fraction of sp³-hybridized carbons (Fsp3) is 0.333. The number of carbonyl (C=O) groups is 1. The van der Waals surface area contributed by atoms with E-state index in [2.05, 4.69) is 27.9 Å². The third-order valence-corrected chi connectivity index (χ3v) is 3.83. The summed E-state index contributed by atoms with van der Waals surface area (Å²) < 4.78 is 6.35. The van der Waals surface area contributed by atoms with Gasteiger partial charge in [-0.1, -0.05) is 0 Å². The maximum atomic E-state index is 12.2. The van der Waals surface area contributed by atoms with Crippen LogP contribution in [0.4, 0.5) is 5.69 Å². The molecule has 1 fully saturated rings. The SMILES string of the molecule is Cc1cc(I)ccc1NC(=O)/C(C#N)=C\N1CCOCC1. The number of nitriles is 1. The van der Waals surface area contributed by atoms with E-state index in [9.17, 15) is 10.1 Å². The monoisotopic (exact) mass is 397 g/mol. The highest BCUT2D eigenvalue weighted by Gasteiger charge is 2.14. The molecule has 0 spiro atoms. The minimum Gasteiger partial charge on any atom is -0.378 e. The van der Waals surface area contributed by atoms with Gasteiger partial charge in [-0.05, 0) is 53.3 Å². The number of morpholine rings is 1. The number of aryl methyl sites for hydroxylation is 1. The molecule has 1 aromatic rings. The molecule has 1 heterocycles. The summed E-state index contributed by atoms with van der Waals surface area (Å²) in [5.41, 5.74) is 1.80. The quantitative estimate of drug-likeness (QED) is 0.483. The number of halogens is 1. The maximum absolute atomic E-state index is 12.2. The lowest BCUT2D eigenvalue weighted by molar-refractivity contribution is -0.112. The molecule has 0 bridgehead atoms. The van der Waals surface area contributed by atoms with Crippen molar-refractivity contribution in [1.29, 1.82) is 5.26 Å². The minimum absolute atomic E-state index is 0.106. The van der Waals surface area contributed by atoms with Crippen LogP contribution in [0, 0.1) is 21.8 Å². The van der Waals surface area contributed by atoms with Gasteiger partial charge >= 0.3 is 0 Å². The second kappa shape index (κ2) is 7.43. The van der Waals surface area contributed by atoms with Crippen molar-refractivity contribution in [2.45, 2.75) is 6.92 Å². The van der Waals surface area contributed by atoms with Gasteiger partial charge in [0.25, 0.3) is 5.91 Å². The first-order valence-electron chi connectivity index (χ1n) is 6.61. The molecule has 1 aliphatic rings. The highest BCUT2D eigenvalue weighted by atomic mass is 127. The average molecular weight is 397 g/mol. The van der Waals surface area contributed by atoms with Crippen LogP contribution in [-0.2, 0) is 9.53 Å². The first-order chi connectivity index (χ1) is 10.1. The molecule has 2 rings (SSSR count). The summed E-state index contributed by atoms with van der Waals surface area (Å²) in [6.07, 6.45) is 1.61.